The van der Waals surface area contributed by atoms with Crippen LogP contribution in [0, 0.1) is 35.5 Å². The third kappa shape index (κ3) is 2.11. The van der Waals surface area contributed by atoms with Crippen LogP contribution in [0.15, 0.2) is 36.4 Å². The Morgan fingerprint density at radius 3 is 2.28 bits per heavy atom. The summed E-state index contributed by atoms with van der Waals surface area (Å²) in [6.45, 7) is -0.245. The second-order valence-corrected chi connectivity index (χ2v) is 7.85. The molecule has 0 unspecified atom stereocenters. The first-order chi connectivity index (χ1) is 12.1. The minimum atomic E-state index is -0.404. The lowest BCUT2D eigenvalue weighted by atomic mass is 9.63. The van der Waals surface area contributed by atoms with E-state index in [1.54, 1.807) is 24.3 Å². The standard InChI is InChI=1S/C19H17ClN2O3/c20-13-3-1-2-4-14(13)21-15(23)8-22-18(24)16-9-5-6-10(12-7-11(9)12)17(16)19(22)25/h1-6,9-12,16-17H,7-8H2,(H,21,23)/t9-,10-,11-,12-,16-,17+/m0/s1. The molecule has 5 nitrogen and oxygen atoms in total. The molecule has 1 N–H and O–H groups in total. The SMILES string of the molecule is O=C(CN1C(=O)[C@@H]2[C@H]3C=C[C@@H]([C@@H]4C[C@@H]34)[C@@H]2C1=O)Nc1ccccc1Cl. The molecule has 2 saturated carbocycles. The maximum atomic E-state index is 12.8. The largest absolute Gasteiger partial charge is 0.323 e. The molecule has 6 rings (SSSR count). The van der Waals surface area contributed by atoms with E-state index in [-0.39, 0.29) is 42.0 Å². The van der Waals surface area contributed by atoms with E-state index in [4.69, 9.17) is 11.6 Å². The van der Waals surface area contributed by atoms with Crippen molar-refractivity contribution >= 4 is 35.0 Å². The summed E-state index contributed by atoms with van der Waals surface area (Å²) in [4.78, 5) is 39.1. The zero-order valence-corrected chi connectivity index (χ0v) is 14.1. The number of anilines is 1. The van der Waals surface area contributed by atoms with Gasteiger partial charge in [0.2, 0.25) is 17.7 Å². The molecule has 3 fully saturated rings. The Morgan fingerprint density at radius 1 is 1.08 bits per heavy atom. The van der Waals surface area contributed by atoms with Crippen molar-refractivity contribution in [2.45, 2.75) is 6.42 Å². The summed E-state index contributed by atoms with van der Waals surface area (Å²) in [6.07, 6.45) is 5.37. The lowest BCUT2D eigenvalue weighted by Gasteiger charge is -2.37. The first-order valence-electron chi connectivity index (χ1n) is 8.64. The van der Waals surface area contributed by atoms with Crippen LogP contribution in [0.25, 0.3) is 0 Å². The number of carbonyl (C=O) groups excluding carboxylic acids is 3. The molecule has 1 aliphatic heterocycles. The fourth-order valence-corrected chi connectivity index (χ4v) is 5.25. The van der Waals surface area contributed by atoms with Crippen LogP contribution < -0.4 is 5.32 Å². The quantitative estimate of drug-likeness (QED) is 0.667. The summed E-state index contributed by atoms with van der Waals surface area (Å²) in [7, 11) is 0. The van der Waals surface area contributed by atoms with E-state index in [1.807, 2.05) is 0 Å². The van der Waals surface area contributed by atoms with Gasteiger partial charge in [0.15, 0.2) is 0 Å². The monoisotopic (exact) mass is 356 g/mol. The number of nitrogens with one attached hydrogen (secondary N) is 1. The number of halogens is 1. The van der Waals surface area contributed by atoms with Crippen LogP contribution in [0.1, 0.15) is 6.42 Å². The van der Waals surface area contributed by atoms with Crippen molar-refractivity contribution in [2.24, 2.45) is 35.5 Å². The van der Waals surface area contributed by atoms with Crippen molar-refractivity contribution < 1.29 is 14.4 Å². The number of hydrogen-bond acceptors (Lipinski definition) is 3. The average Bonchev–Trinajstić information content (AvgIpc) is 3.38. The summed E-state index contributed by atoms with van der Waals surface area (Å²) in [5, 5.41) is 3.10. The summed E-state index contributed by atoms with van der Waals surface area (Å²) in [5.74, 6) is 0.164. The minimum Gasteiger partial charge on any atom is -0.323 e. The molecule has 1 saturated heterocycles. The third-order valence-electron chi connectivity index (χ3n) is 6.20. The van der Waals surface area contributed by atoms with Gasteiger partial charge in [0, 0.05) is 0 Å². The smallest absolute Gasteiger partial charge is 0.244 e. The molecular formula is C19H17ClN2O3. The molecule has 3 amide bonds. The Morgan fingerprint density at radius 2 is 1.68 bits per heavy atom. The van der Waals surface area contributed by atoms with Crippen molar-refractivity contribution in [1.82, 2.24) is 4.90 Å². The number of likely N-dealkylation sites (tertiary alicyclic amines) is 1. The Hall–Kier alpha value is -2.14. The van der Waals surface area contributed by atoms with E-state index in [9.17, 15) is 14.4 Å². The van der Waals surface area contributed by atoms with E-state index >= 15 is 0 Å². The molecule has 5 aliphatic rings. The highest BCUT2D eigenvalue weighted by atomic mass is 35.5. The predicted molar refractivity (Wildman–Crippen MR) is 91.5 cm³/mol. The zero-order chi connectivity index (χ0) is 17.3. The Balaban J connectivity index is 1.34. The first-order valence-corrected chi connectivity index (χ1v) is 9.02. The van der Waals surface area contributed by atoms with E-state index in [1.165, 1.54) is 0 Å². The van der Waals surface area contributed by atoms with Gasteiger partial charge in [0.1, 0.15) is 6.54 Å². The third-order valence-corrected chi connectivity index (χ3v) is 6.53. The molecule has 0 spiro atoms. The first kappa shape index (κ1) is 15.1. The van der Waals surface area contributed by atoms with Gasteiger partial charge in [-0.2, -0.15) is 0 Å². The van der Waals surface area contributed by atoms with Gasteiger partial charge < -0.3 is 5.32 Å². The fraction of sp³-hybridized carbons (Fsp3) is 0.421. The molecule has 1 aromatic carbocycles. The number of benzene rings is 1. The molecule has 4 aliphatic carbocycles. The molecule has 1 aromatic rings. The number of nitrogens with zero attached hydrogens (tertiary/aromatic N) is 1. The topological polar surface area (TPSA) is 66.5 Å². The van der Waals surface area contributed by atoms with Gasteiger partial charge in [-0.25, -0.2) is 0 Å². The van der Waals surface area contributed by atoms with E-state index in [0.717, 1.165) is 11.3 Å². The van der Waals surface area contributed by atoms with Crippen LogP contribution in [0.3, 0.4) is 0 Å². The number of hydrogen-bond donors (Lipinski definition) is 1. The molecule has 128 valence electrons. The van der Waals surface area contributed by atoms with E-state index < -0.39 is 5.91 Å². The van der Waals surface area contributed by atoms with Crippen LogP contribution >= 0.6 is 11.6 Å². The predicted octanol–water partition coefficient (Wildman–Crippen LogP) is 2.33. The van der Waals surface area contributed by atoms with Gasteiger partial charge in [0.05, 0.1) is 22.5 Å². The van der Waals surface area contributed by atoms with Gasteiger partial charge >= 0.3 is 0 Å². The number of imide groups is 1. The Bertz CT molecular complexity index is 800. The van der Waals surface area contributed by atoms with Gasteiger partial charge in [-0.3, -0.25) is 19.3 Å². The Kier molecular flexibility index (Phi) is 3.14. The molecule has 1 heterocycles. The second-order valence-electron chi connectivity index (χ2n) is 7.45. The summed E-state index contributed by atoms with van der Waals surface area (Å²) >= 11 is 6.04. The van der Waals surface area contributed by atoms with Gasteiger partial charge in [-0.1, -0.05) is 35.9 Å². The number of rotatable bonds is 3. The van der Waals surface area contributed by atoms with Crippen LogP contribution in [-0.2, 0) is 14.4 Å². The lowest BCUT2D eigenvalue weighted by Crippen LogP contribution is -2.40. The average molecular weight is 357 g/mol. The highest BCUT2D eigenvalue weighted by Gasteiger charge is 2.67. The van der Waals surface area contributed by atoms with Crippen LogP contribution in [0.5, 0.6) is 0 Å². The van der Waals surface area contributed by atoms with Gasteiger partial charge in [0.25, 0.3) is 0 Å². The van der Waals surface area contributed by atoms with Crippen molar-refractivity contribution in [2.75, 3.05) is 11.9 Å². The maximum Gasteiger partial charge on any atom is 0.244 e. The molecule has 0 aromatic heterocycles. The van der Waals surface area contributed by atoms with Crippen molar-refractivity contribution in [1.29, 1.82) is 0 Å². The lowest BCUT2D eigenvalue weighted by molar-refractivity contribution is -0.142. The van der Waals surface area contributed by atoms with Gasteiger partial charge in [-0.15, -0.1) is 0 Å². The molecule has 2 bridgehead atoms. The van der Waals surface area contributed by atoms with Crippen LogP contribution in [-0.4, -0.2) is 29.2 Å². The van der Waals surface area contributed by atoms with Crippen molar-refractivity contribution in [3.63, 3.8) is 0 Å². The highest BCUT2D eigenvalue weighted by Crippen LogP contribution is 2.65. The van der Waals surface area contributed by atoms with Crippen LogP contribution in [0.2, 0.25) is 5.02 Å². The summed E-state index contributed by atoms with van der Waals surface area (Å²) in [6, 6.07) is 6.89. The minimum absolute atomic E-state index is 0.174. The normalized spacial score (nSPS) is 37.1. The van der Waals surface area contributed by atoms with E-state index in [2.05, 4.69) is 17.5 Å². The zero-order valence-electron chi connectivity index (χ0n) is 13.4. The number of para-hydroxylation sites is 1. The number of carbonyl (C=O) groups is 3. The summed E-state index contributed by atoms with van der Waals surface area (Å²) in [5.41, 5.74) is 0.480. The van der Waals surface area contributed by atoms with Crippen molar-refractivity contribution in [3.8, 4) is 0 Å². The molecule has 6 atom stereocenters. The fourth-order valence-electron chi connectivity index (χ4n) is 5.07. The number of allylic oxidation sites excluding steroid dienone is 2. The molecule has 6 heteroatoms. The second kappa shape index (κ2) is 5.18. The number of amides is 3. The molecular weight excluding hydrogens is 340 g/mol. The Labute approximate surface area is 150 Å². The van der Waals surface area contributed by atoms with Crippen molar-refractivity contribution in [3.05, 3.63) is 41.4 Å². The summed E-state index contributed by atoms with van der Waals surface area (Å²) < 4.78 is 0. The molecule has 25 heavy (non-hydrogen) atoms. The van der Waals surface area contributed by atoms with E-state index in [0.29, 0.717) is 22.5 Å². The maximum absolute atomic E-state index is 12.8. The van der Waals surface area contributed by atoms with Gasteiger partial charge in [-0.05, 0) is 42.2 Å². The molecule has 0 radical (unpaired) electrons. The van der Waals surface area contributed by atoms with Crippen LogP contribution in [0.4, 0.5) is 5.69 Å². The highest BCUT2D eigenvalue weighted by molar-refractivity contribution is 6.33.